The molecule has 2 aromatic carbocycles. The molecule has 2 N–H and O–H groups in total. The highest BCUT2D eigenvalue weighted by atomic mass is 16.5. The zero-order chi connectivity index (χ0) is 21.9. The molecule has 0 saturated carbocycles. The van der Waals surface area contributed by atoms with E-state index >= 15 is 0 Å². The van der Waals surface area contributed by atoms with Crippen LogP contribution < -0.4 is 19.5 Å². The number of amides is 1. The normalized spacial score (nSPS) is 10.6. The maximum atomic E-state index is 12.5. The van der Waals surface area contributed by atoms with E-state index in [0.717, 1.165) is 17.5 Å². The average Bonchev–Trinajstić information content (AvgIpc) is 2.75. The maximum absolute atomic E-state index is 12.5. The molecule has 2 aromatic rings. The quantitative estimate of drug-likeness (QED) is 0.537. The van der Waals surface area contributed by atoms with E-state index in [1.165, 1.54) is 6.08 Å². The van der Waals surface area contributed by atoms with Crippen LogP contribution in [0.1, 0.15) is 30.9 Å². The number of methoxy groups -OCH3 is 2. The van der Waals surface area contributed by atoms with Gasteiger partial charge in [-0.3, -0.25) is 9.59 Å². The molecule has 0 atom stereocenters. The lowest BCUT2D eigenvalue weighted by atomic mass is 10.1. The van der Waals surface area contributed by atoms with Gasteiger partial charge in [0.1, 0.15) is 5.75 Å². The van der Waals surface area contributed by atoms with Crippen molar-refractivity contribution in [3.8, 4) is 17.2 Å². The van der Waals surface area contributed by atoms with Crippen LogP contribution in [-0.4, -0.2) is 37.8 Å². The molecular formula is C23H27NO6. The van der Waals surface area contributed by atoms with Crippen LogP contribution in [0.25, 0.3) is 6.08 Å². The van der Waals surface area contributed by atoms with Crippen molar-refractivity contribution in [2.24, 2.45) is 0 Å². The first-order chi connectivity index (χ1) is 14.5. The summed E-state index contributed by atoms with van der Waals surface area (Å²) >= 11 is 0. The van der Waals surface area contributed by atoms with Gasteiger partial charge >= 0.3 is 5.97 Å². The monoisotopic (exact) mass is 413 g/mol. The zero-order valence-electron chi connectivity index (χ0n) is 17.4. The fourth-order valence-corrected chi connectivity index (χ4v) is 2.72. The Hall–Kier alpha value is -3.48. The molecule has 0 fully saturated rings. The van der Waals surface area contributed by atoms with Crippen LogP contribution in [0.2, 0.25) is 0 Å². The van der Waals surface area contributed by atoms with Crippen molar-refractivity contribution in [3.05, 3.63) is 53.6 Å². The Morgan fingerprint density at radius 1 is 1.03 bits per heavy atom. The highest BCUT2D eigenvalue weighted by Gasteiger charge is 2.09. The molecule has 0 aliphatic rings. The molecule has 0 bridgehead atoms. The van der Waals surface area contributed by atoms with Crippen molar-refractivity contribution in [1.82, 2.24) is 0 Å². The van der Waals surface area contributed by atoms with Gasteiger partial charge in [-0.15, -0.1) is 0 Å². The first-order valence-electron chi connectivity index (χ1n) is 9.65. The van der Waals surface area contributed by atoms with E-state index in [2.05, 4.69) is 5.32 Å². The van der Waals surface area contributed by atoms with Gasteiger partial charge in [-0.05, 0) is 54.3 Å². The minimum Gasteiger partial charge on any atom is -0.493 e. The summed E-state index contributed by atoms with van der Waals surface area (Å²) in [6.07, 6.45) is 4.29. The van der Waals surface area contributed by atoms with Gasteiger partial charge in [0.2, 0.25) is 5.91 Å². The number of carbonyl (C=O) groups excluding carboxylic acids is 1. The zero-order valence-corrected chi connectivity index (χ0v) is 17.4. The molecule has 0 unspecified atom stereocenters. The van der Waals surface area contributed by atoms with Crippen LogP contribution in [-0.2, 0) is 16.0 Å². The number of nitrogens with one attached hydrogen (secondary N) is 1. The predicted molar refractivity (Wildman–Crippen MR) is 115 cm³/mol. The SMILES string of the molecule is CCCOc1ccc(CCC(=O)O)cc1NC(=O)/C=C/c1ccc(OC)c(OC)c1. The second-order valence-electron chi connectivity index (χ2n) is 6.51. The van der Waals surface area contributed by atoms with E-state index in [1.807, 2.05) is 19.1 Å². The van der Waals surface area contributed by atoms with Crippen LogP contribution in [0.5, 0.6) is 17.2 Å². The van der Waals surface area contributed by atoms with Crippen molar-refractivity contribution >= 4 is 23.6 Å². The molecule has 2 rings (SSSR count). The van der Waals surface area contributed by atoms with Crippen molar-refractivity contribution in [3.63, 3.8) is 0 Å². The summed E-state index contributed by atoms with van der Waals surface area (Å²) in [4.78, 5) is 23.3. The minimum absolute atomic E-state index is 0.0156. The van der Waals surface area contributed by atoms with Crippen molar-refractivity contribution in [1.29, 1.82) is 0 Å². The number of ether oxygens (including phenoxy) is 3. The van der Waals surface area contributed by atoms with Crippen molar-refractivity contribution < 1.29 is 28.9 Å². The Bertz CT molecular complexity index is 907. The van der Waals surface area contributed by atoms with Gasteiger partial charge in [0, 0.05) is 12.5 Å². The fraction of sp³-hybridized carbons (Fsp3) is 0.304. The Morgan fingerprint density at radius 3 is 2.43 bits per heavy atom. The lowest BCUT2D eigenvalue weighted by Gasteiger charge is -2.13. The number of anilines is 1. The predicted octanol–water partition coefficient (Wildman–Crippen LogP) is 4.16. The molecule has 0 heterocycles. The van der Waals surface area contributed by atoms with Crippen LogP contribution in [0.15, 0.2) is 42.5 Å². The van der Waals surface area contributed by atoms with E-state index in [0.29, 0.717) is 36.0 Å². The number of benzene rings is 2. The molecule has 1 amide bonds. The molecule has 0 aliphatic heterocycles. The Kier molecular flexibility index (Phi) is 8.75. The second-order valence-corrected chi connectivity index (χ2v) is 6.51. The molecule has 0 aromatic heterocycles. The smallest absolute Gasteiger partial charge is 0.303 e. The first kappa shape index (κ1) is 22.8. The summed E-state index contributed by atoms with van der Waals surface area (Å²) in [6, 6.07) is 10.6. The van der Waals surface area contributed by atoms with Crippen LogP contribution in [0.3, 0.4) is 0 Å². The van der Waals surface area contributed by atoms with Crippen LogP contribution in [0, 0.1) is 0 Å². The Labute approximate surface area is 176 Å². The number of hydrogen-bond donors (Lipinski definition) is 2. The molecule has 7 heteroatoms. The third-order valence-corrected chi connectivity index (χ3v) is 4.23. The third kappa shape index (κ3) is 6.84. The van der Waals surface area contributed by atoms with Crippen molar-refractivity contribution in [2.75, 3.05) is 26.1 Å². The van der Waals surface area contributed by atoms with E-state index < -0.39 is 5.97 Å². The van der Waals surface area contributed by atoms with Gasteiger partial charge in [0.25, 0.3) is 0 Å². The van der Waals surface area contributed by atoms with Gasteiger partial charge < -0.3 is 24.6 Å². The largest absolute Gasteiger partial charge is 0.493 e. The van der Waals surface area contributed by atoms with Crippen LogP contribution in [0.4, 0.5) is 5.69 Å². The molecule has 0 spiro atoms. The lowest BCUT2D eigenvalue weighted by Crippen LogP contribution is -2.10. The topological polar surface area (TPSA) is 94.1 Å². The molecular weight excluding hydrogens is 386 g/mol. The molecule has 0 radical (unpaired) electrons. The van der Waals surface area contributed by atoms with Gasteiger partial charge in [0.15, 0.2) is 11.5 Å². The summed E-state index contributed by atoms with van der Waals surface area (Å²) in [5.74, 6) is 0.520. The van der Waals surface area contributed by atoms with Gasteiger partial charge in [-0.1, -0.05) is 19.1 Å². The number of carboxylic acids is 1. The lowest BCUT2D eigenvalue weighted by molar-refractivity contribution is -0.137. The molecule has 160 valence electrons. The van der Waals surface area contributed by atoms with E-state index in [9.17, 15) is 9.59 Å². The van der Waals surface area contributed by atoms with Gasteiger partial charge in [-0.2, -0.15) is 0 Å². The second kappa shape index (κ2) is 11.5. The van der Waals surface area contributed by atoms with Crippen LogP contribution >= 0.6 is 0 Å². The summed E-state index contributed by atoms with van der Waals surface area (Å²) in [5, 5.41) is 11.7. The van der Waals surface area contributed by atoms with E-state index in [-0.39, 0.29) is 12.3 Å². The number of rotatable bonds is 11. The van der Waals surface area contributed by atoms with Gasteiger partial charge in [-0.25, -0.2) is 0 Å². The summed E-state index contributed by atoms with van der Waals surface area (Å²) in [5.41, 5.74) is 2.09. The first-order valence-corrected chi connectivity index (χ1v) is 9.65. The summed E-state index contributed by atoms with van der Waals surface area (Å²) in [7, 11) is 3.11. The van der Waals surface area contributed by atoms with E-state index in [4.69, 9.17) is 19.3 Å². The number of aliphatic carboxylic acids is 1. The maximum Gasteiger partial charge on any atom is 0.303 e. The Balaban J connectivity index is 2.15. The van der Waals surface area contributed by atoms with Gasteiger partial charge in [0.05, 0.1) is 26.5 Å². The Morgan fingerprint density at radius 2 is 1.77 bits per heavy atom. The highest BCUT2D eigenvalue weighted by molar-refractivity contribution is 6.02. The number of aryl methyl sites for hydroxylation is 1. The highest BCUT2D eigenvalue weighted by Crippen LogP contribution is 2.29. The third-order valence-electron chi connectivity index (χ3n) is 4.23. The number of carbonyl (C=O) groups is 2. The molecule has 0 saturated heterocycles. The van der Waals surface area contributed by atoms with E-state index in [1.54, 1.807) is 44.6 Å². The van der Waals surface area contributed by atoms with Crippen molar-refractivity contribution in [2.45, 2.75) is 26.2 Å². The standard InChI is InChI=1S/C23H27NO6/c1-4-13-30-19-9-5-16(8-12-23(26)27)14-18(19)24-22(25)11-7-17-6-10-20(28-2)21(15-17)29-3/h5-7,9-11,14-15H,4,8,12-13H2,1-3H3,(H,24,25)(H,26,27)/b11-7+. The summed E-state index contributed by atoms with van der Waals surface area (Å²) < 4.78 is 16.2. The average molecular weight is 413 g/mol. The summed E-state index contributed by atoms with van der Waals surface area (Å²) in [6.45, 7) is 2.50. The minimum atomic E-state index is -0.871. The molecule has 0 aliphatic carbocycles. The number of hydrogen-bond acceptors (Lipinski definition) is 5. The number of carboxylic acid groups (broad SMARTS) is 1. The fourth-order valence-electron chi connectivity index (χ4n) is 2.72. The molecule has 7 nitrogen and oxygen atoms in total. The molecule has 30 heavy (non-hydrogen) atoms.